The first-order valence-electron chi connectivity index (χ1n) is 5.96. The summed E-state index contributed by atoms with van der Waals surface area (Å²) in [7, 11) is 1.27. The minimum absolute atomic E-state index is 0.0291. The third kappa shape index (κ3) is 3.58. The van der Waals surface area contributed by atoms with Gasteiger partial charge in [-0.25, -0.2) is 9.18 Å². The predicted molar refractivity (Wildman–Crippen MR) is 77.1 cm³/mol. The lowest BCUT2D eigenvalue weighted by Gasteiger charge is -2.07. The molecule has 0 aliphatic carbocycles. The molecule has 4 nitrogen and oxygen atoms in total. The van der Waals surface area contributed by atoms with Gasteiger partial charge in [0.2, 0.25) is 0 Å². The first-order chi connectivity index (χ1) is 10.0. The van der Waals surface area contributed by atoms with Gasteiger partial charge in [-0.2, -0.15) is 0 Å². The Kier molecular flexibility index (Phi) is 4.55. The van der Waals surface area contributed by atoms with Crippen LogP contribution in [0, 0.1) is 5.82 Å². The van der Waals surface area contributed by atoms with Crippen molar-refractivity contribution in [3.05, 3.63) is 64.4 Å². The van der Waals surface area contributed by atoms with Gasteiger partial charge in [-0.05, 0) is 42.5 Å². The van der Waals surface area contributed by atoms with Crippen LogP contribution >= 0.6 is 11.6 Å². The quantitative estimate of drug-likeness (QED) is 0.883. The van der Waals surface area contributed by atoms with E-state index in [4.69, 9.17) is 11.6 Å². The van der Waals surface area contributed by atoms with Crippen molar-refractivity contribution in [2.45, 2.75) is 0 Å². The molecule has 0 spiro atoms. The lowest BCUT2D eigenvalue weighted by molar-refractivity contribution is 0.0600. The number of hydrogen-bond donors (Lipinski definition) is 1. The molecular formula is C15H11ClFNO3. The van der Waals surface area contributed by atoms with Gasteiger partial charge in [0.25, 0.3) is 5.91 Å². The number of ether oxygens (including phenoxy) is 1. The number of carbonyl (C=O) groups is 2. The maximum atomic E-state index is 13.6. The summed E-state index contributed by atoms with van der Waals surface area (Å²) in [6, 6.07) is 9.78. The van der Waals surface area contributed by atoms with Crippen LogP contribution in [-0.2, 0) is 4.74 Å². The van der Waals surface area contributed by atoms with Crippen molar-refractivity contribution in [1.29, 1.82) is 0 Å². The van der Waals surface area contributed by atoms with Crippen molar-refractivity contribution in [1.82, 2.24) is 0 Å². The third-order valence-electron chi connectivity index (χ3n) is 2.75. The monoisotopic (exact) mass is 307 g/mol. The highest BCUT2D eigenvalue weighted by atomic mass is 35.5. The Labute approximate surface area is 125 Å². The van der Waals surface area contributed by atoms with Crippen LogP contribution in [0.4, 0.5) is 10.1 Å². The van der Waals surface area contributed by atoms with E-state index in [9.17, 15) is 14.0 Å². The van der Waals surface area contributed by atoms with Crippen LogP contribution in [-0.4, -0.2) is 19.0 Å². The molecular weight excluding hydrogens is 297 g/mol. The minimum atomic E-state index is -0.623. The Bertz CT molecular complexity index is 686. The van der Waals surface area contributed by atoms with Crippen LogP contribution in [0.2, 0.25) is 5.02 Å². The van der Waals surface area contributed by atoms with E-state index >= 15 is 0 Å². The number of esters is 1. The summed E-state index contributed by atoms with van der Waals surface area (Å²) >= 11 is 5.63. The fourth-order valence-corrected chi connectivity index (χ4v) is 1.82. The van der Waals surface area contributed by atoms with E-state index in [-0.39, 0.29) is 16.3 Å². The normalized spacial score (nSPS) is 10.0. The van der Waals surface area contributed by atoms with Gasteiger partial charge in [0.05, 0.1) is 18.4 Å². The second kappa shape index (κ2) is 6.37. The van der Waals surface area contributed by atoms with Gasteiger partial charge in [-0.15, -0.1) is 0 Å². The summed E-state index contributed by atoms with van der Waals surface area (Å²) in [6.45, 7) is 0. The number of benzene rings is 2. The number of halogens is 2. The highest BCUT2D eigenvalue weighted by Gasteiger charge is 2.11. The molecule has 21 heavy (non-hydrogen) atoms. The SMILES string of the molecule is COC(=O)c1ccc(C(=O)Nc2ccc(Cl)cc2F)cc1. The molecule has 2 aromatic rings. The highest BCUT2D eigenvalue weighted by Crippen LogP contribution is 2.19. The van der Waals surface area contributed by atoms with Crippen LogP contribution in [0.1, 0.15) is 20.7 Å². The lowest BCUT2D eigenvalue weighted by Crippen LogP contribution is -2.13. The molecule has 2 rings (SSSR count). The van der Waals surface area contributed by atoms with Gasteiger partial charge in [-0.3, -0.25) is 4.79 Å². The molecule has 0 bridgehead atoms. The Hall–Kier alpha value is -2.40. The Morgan fingerprint density at radius 3 is 2.29 bits per heavy atom. The Balaban J connectivity index is 2.15. The van der Waals surface area contributed by atoms with Crippen molar-refractivity contribution in [2.75, 3.05) is 12.4 Å². The summed E-state index contributed by atoms with van der Waals surface area (Å²) in [5.41, 5.74) is 0.644. The van der Waals surface area contributed by atoms with E-state index in [1.54, 1.807) is 0 Å². The second-order valence-corrected chi connectivity index (χ2v) is 4.58. The average molecular weight is 308 g/mol. The van der Waals surface area contributed by atoms with Crippen molar-refractivity contribution < 1.29 is 18.7 Å². The van der Waals surface area contributed by atoms with Gasteiger partial charge >= 0.3 is 5.97 Å². The first kappa shape index (κ1) is 15.0. The summed E-state index contributed by atoms with van der Waals surface area (Å²) in [4.78, 5) is 23.3. The number of hydrogen-bond acceptors (Lipinski definition) is 3. The standard InChI is InChI=1S/C15H11ClFNO3/c1-21-15(20)10-4-2-9(3-5-10)14(19)18-13-7-6-11(16)8-12(13)17/h2-8H,1H3,(H,18,19). The van der Waals surface area contributed by atoms with E-state index in [0.717, 1.165) is 6.07 Å². The molecule has 1 N–H and O–H groups in total. The molecule has 0 heterocycles. The highest BCUT2D eigenvalue weighted by molar-refractivity contribution is 6.30. The Morgan fingerprint density at radius 1 is 1.10 bits per heavy atom. The molecule has 6 heteroatoms. The zero-order chi connectivity index (χ0) is 15.4. The smallest absolute Gasteiger partial charge is 0.337 e. The zero-order valence-electron chi connectivity index (χ0n) is 11.0. The number of rotatable bonds is 3. The predicted octanol–water partition coefficient (Wildman–Crippen LogP) is 3.52. The fourth-order valence-electron chi connectivity index (χ4n) is 1.66. The molecule has 0 aliphatic rings. The maximum Gasteiger partial charge on any atom is 0.337 e. The molecule has 0 radical (unpaired) electrons. The van der Waals surface area contributed by atoms with Gasteiger partial charge in [0.15, 0.2) is 0 Å². The summed E-state index contributed by atoms with van der Waals surface area (Å²) in [5.74, 6) is -1.61. The number of methoxy groups -OCH3 is 1. The molecule has 0 atom stereocenters. The van der Waals surface area contributed by atoms with Crippen molar-refractivity contribution in [3.63, 3.8) is 0 Å². The summed E-state index contributed by atoms with van der Waals surface area (Å²) in [6.07, 6.45) is 0. The number of nitrogens with one attached hydrogen (secondary N) is 1. The zero-order valence-corrected chi connectivity index (χ0v) is 11.8. The molecule has 0 saturated carbocycles. The van der Waals surface area contributed by atoms with Crippen LogP contribution in [0.5, 0.6) is 0 Å². The first-order valence-corrected chi connectivity index (χ1v) is 6.34. The van der Waals surface area contributed by atoms with Gasteiger partial charge in [-0.1, -0.05) is 11.6 Å². The van der Waals surface area contributed by atoms with E-state index in [2.05, 4.69) is 10.1 Å². The fraction of sp³-hybridized carbons (Fsp3) is 0.0667. The van der Waals surface area contributed by atoms with Crippen LogP contribution in [0.25, 0.3) is 0 Å². The van der Waals surface area contributed by atoms with Gasteiger partial charge in [0.1, 0.15) is 5.82 Å². The van der Waals surface area contributed by atoms with E-state index in [1.165, 1.54) is 43.5 Å². The van der Waals surface area contributed by atoms with Crippen LogP contribution < -0.4 is 5.32 Å². The Morgan fingerprint density at radius 2 is 1.71 bits per heavy atom. The second-order valence-electron chi connectivity index (χ2n) is 4.15. The largest absolute Gasteiger partial charge is 0.465 e. The summed E-state index contributed by atoms with van der Waals surface area (Å²) in [5, 5.41) is 2.67. The molecule has 0 saturated heterocycles. The van der Waals surface area contributed by atoms with Gasteiger partial charge < -0.3 is 10.1 Å². The minimum Gasteiger partial charge on any atom is -0.465 e. The van der Waals surface area contributed by atoms with E-state index in [0.29, 0.717) is 5.56 Å². The maximum absolute atomic E-state index is 13.6. The number of anilines is 1. The van der Waals surface area contributed by atoms with E-state index in [1.807, 2.05) is 0 Å². The topological polar surface area (TPSA) is 55.4 Å². The van der Waals surface area contributed by atoms with Crippen molar-refractivity contribution in [2.24, 2.45) is 0 Å². The van der Waals surface area contributed by atoms with Crippen LogP contribution in [0.15, 0.2) is 42.5 Å². The number of amides is 1. The third-order valence-corrected chi connectivity index (χ3v) is 2.98. The molecule has 108 valence electrons. The van der Waals surface area contributed by atoms with Gasteiger partial charge in [0, 0.05) is 10.6 Å². The molecule has 0 fully saturated rings. The molecule has 0 aromatic heterocycles. The van der Waals surface area contributed by atoms with Crippen molar-refractivity contribution in [3.8, 4) is 0 Å². The molecule has 0 aliphatic heterocycles. The van der Waals surface area contributed by atoms with E-state index < -0.39 is 17.7 Å². The summed E-state index contributed by atoms with van der Waals surface area (Å²) < 4.78 is 18.1. The average Bonchev–Trinajstić information content (AvgIpc) is 2.49. The molecule has 2 aromatic carbocycles. The molecule has 0 unspecified atom stereocenters. The lowest BCUT2D eigenvalue weighted by atomic mass is 10.1. The van der Waals surface area contributed by atoms with Crippen molar-refractivity contribution >= 4 is 29.2 Å². The molecule has 1 amide bonds. The van der Waals surface area contributed by atoms with Crippen LogP contribution in [0.3, 0.4) is 0 Å². The number of carbonyl (C=O) groups excluding carboxylic acids is 2.